The number of hydrogen-bond donors (Lipinski definition) is 1. The van der Waals surface area contributed by atoms with E-state index in [4.69, 9.17) is 0 Å². The summed E-state index contributed by atoms with van der Waals surface area (Å²) < 4.78 is 0. The van der Waals surface area contributed by atoms with Crippen LogP contribution >= 0.6 is 0 Å². The molecule has 0 aromatic heterocycles. The summed E-state index contributed by atoms with van der Waals surface area (Å²) in [5.41, 5.74) is 0.634. The first kappa shape index (κ1) is 12.4. The van der Waals surface area contributed by atoms with E-state index in [1.54, 1.807) is 0 Å². The predicted molar refractivity (Wildman–Crippen MR) is 69.7 cm³/mol. The molecule has 2 heterocycles. The van der Waals surface area contributed by atoms with Gasteiger partial charge in [-0.3, -0.25) is 4.90 Å². The van der Waals surface area contributed by atoms with Gasteiger partial charge in [0.1, 0.15) is 0 Å². The molecule has 0 amide bonds. The molecule has 94 valence electrons. The molecular formula is C14H28N2. The summed E-state index contributed by atoms with van der Waals surface area (Å²) in [5, 5.41) is 3.59. The third-order valence-electron chi connectivity index (χ3n) is 4.90. The fraction of sp³-hybridized carbons (Fsp3) is 1.00. The number of nitrogens with one attached hydrogen (secondary N) is 1. The van der Waals surface area contributed by atoms with Crippen LogP contribution in [0.1, 0.15) is 52.4 Å². The van der Waals surface area contributed by atoms with Gasteiger partial charge in [0, 0.05) is 12.6 Å². The molecule has 1 N–H and O–H groups in total. The molecule has 1 atom stereocenters. The van der Waals surface area contributed by atoms with Crippen LogP contribution in [-0.4, -0.2) is 37.1 Å². The molecule has 0 aromatic rings. The molecule has 2 heteroatoms. The van der Waals surface area contributed by atoms with E-state index in [0.717, 1.165) is 6.04 Å². The summed E-state index contributed by atoms with van der Waals surface area (Å²) in [4.78, 5) is 2.75. The molecule has 0 aliphatic carbocycles. The van der Waals surface area contributed by atoms with Crippen molar-refractivity contribution >= 4 is 0 Å². The van der Waals surface area contributed by atoms with E-state index in [2.05, 4.69) is 24.1 Å². The average Bonchev–Trinajstić information content (AvgIpc) is 2.59. The van der Waals surface area contributed by atoms with Crippen molar-refractivity contribution in [3.05, 3.63) is 0 Å². The molecule has 16 heavy (non-hydrogen) atoms. The number of hydrogen-bond acceptors (Lipinski definition) is 2. The molecule has 0 saturated carbocycles. The number of piperidine rings is 1. The Labute approximate surface area is 101 Å². The van der Waals surface area contributed by atoms with E-state index in [9.17, 15) is 0 Å². The molecule has 2 fully saturated rings. The average molecular weight is 224 g/mol. The summed E-state index contributed by atoms with van der Waals surface area (Å²) in [6, 6.07) is 0.823. The van der Waals surface area contributed by atoms with Crippen molar-refractivity contribution in [2.45, 2.75) is 58.4 Å². The van der Waals surface area contributed by atoms with Gasteiger partial charge in [0.25, 0.3) is 0 Å². The summed E-state index contributed by atoms with van der Waals surface area (Å²) in [5.74, 6) is 0. The second-order valence-corrected chi connectivity index (χ2v) is 6.05. The smallest absolute Gasteiger partial charge is 0.0220 e. The highest BCUT2D eigenvalue weighted by atomic mass is 15.2. The van der Waals surface area contributed by atoms with Gasteiger partial charge in [0.15, 0.2) is 0 Å². The minimum atomic E-state index is 0.634. The van der Waals surface area contributed by atoms with Crippen molar-refractivity contribution in [3.63, 3.8) is 0 Å². The summed E-state index contributed by atoms with van der Waals surface area (Å²) in [6.45, 7) is 9.94. The Bertz CT molecular complexity index is 199. The summed E-state index contributed by atoms with van der Waals surface area (Å²) in [6.07, 6.45) is 8.36. The van der Waals surface area contributed by atoms with E-state index >= 15 is 0 Å². The van der Waals surface area contributed by atoms with Gasteiger partial charge in [-0.15, -0.1) is 0 Å². The Kier molecular flexibility index (Phi) is 4.26. The molecular weight excluding hydrogens is 196 g/mol. The Morgan fingerprint density at radius 1 is 1.25 bits per heavy atom. The maximum atomic E-state index is 3.59. The van der Waals surface area contributed by atoms with Gasteiger partial charge in [0.2, 0.25) is 0 Å². The maximum Gasteiger partial charge on any atom is 0.0220 e. The van der Waals surface area contributed by atoms with Gasteiger partial charge in [0.05, 0.1) is 0 Å². The highest BCUT2D eigenvalue weighted by Crippen LogP contribution is 2.34. The molecule has 2 aliphatic heterocycles. The molecule has 2 rings (SSSR count). The maximum absolute atomic E-state index is 3.59. The minimum absolute atomic E-state index is 0.634. The zero-order chi connectivity index (χ0) is 11.4. The van der Waals surface area contributed by atoms with Gasteiger partial charge in [-0.1, -0.05) is 26.7 Å². The first-order valence-corrected chi connectivity index (χ1v) is 7.18. The van der Waals surface area contributed by atoms with Crippen molar-refractivity contribution in [2.24, 2.45) is 5.41 Å². The molecule has 2 nitrogen and oxygen atoms in total. The standard InChI is InChI=1S/C14H28N2/c1-3-14(2)7-10-16(11-8-14)13-6-4-5-9-15-12-13/h13,15H,3-12H2,1-2H3. The third-order valence-corrected chi connectivity index (χ3v) is 4.90. The van der Waals surface area contributed by atoms with Crippen LogP contribution in [-0.2, 0) is 0 Å². The van der Waals surface area contributed by atoms with Crippen LogP contribution in [0.4, 0.5) is 0 Å². The first-order chi connectivity index (χ1) is 7.73. The van der Waals surface area contributed by atoms with Crippen LogP contribution in [0, 0.1) is 5.41 Å². The zero-order valence-electron chi connectivity index (χ0n) is 11.1. The van der Waals surface area contributed by atoms with Crippen LogP contribution in [0.2, 0.25) is 0 Å². The molecule has 0 bridgehead atoms. The van der Waals surface area contributed by atoms with E-state index in [1.165, 1.54) is 64.7 Å². The molecule has 0 spiro atoms. The third kappa shape index (κ3) is 2.98. The topological polar surface area (TPSA) is 15.3 Å². The van der Waals surface area contributed by atoms with Crippen molar-refractivity contribution < 1.29 is 0 Å². The molecule has 2 aliphatic rings. The lowest BCUT2D eigenvalue weighted by atomic mass is 9.78. The van der Waals surface area contributed by atoms with E-state index < -0.39 is 0 Å². The van der Waals surface area contributed by atoms with E-state index in [0.29, 0.717) is 5.41 Å². The highest BCUT2D eigenvalue weighted by molar-refractivity contribution is 4.86. The Morgan fingerprint density at radius 3 is 2.69 bits per heavy atom. The predicted octanol–water partition coefficient (Wildman–Crippen LogP) is 2.64. The lowest BCUT2D eigenvalue weighted by Gasteiger charge is -2.42. The lowest BCUT2D eigenvalue weighted by molar-refractivity contribution is 0.0785. The number of rotatable bonds is 2. The Balaban J connectivity index is 1.83. The SMILES string of the molecule is CCC1(C)CCN(C2CCCCNC2)CC1. The molecule has 0 aromatic carbocycles. The number of likely N-dealkylation sites (tertiary alicyclic amines) is 1. The summed E-state index contributed by atoms with van der Waals surface area (Å²) in [7, 11) is 0. The van der Waals surface area contributed by atoms with Crippen LogP contribution in [0.5, 0.6) is 0 Å². The van der Waals surface area contributed by atoms with Crippen LogP contribution in [0.25, 0.3) is 0 Å². The first-order valence-electron chi connectivity index (χ1n) is 7.18. The van der Waals surface area contributed by atoms with Crippen molar-refractivity contribution in [1.82, 2.24) is 10.2 Å². The highest BCUT2D eigenvalue weighted by Gasteiger charge is 2.31. The van der Waals surface area contributed by atoms with Crippen molar-refractivity contribution in [3.8, 4) is 0 Å². The fourth-order valence-electron chi connectivity index (χ4n) is 3.09. The Hall–Kier alpha value is -0.0800. The van der Waals surface area contributed by atoms with Gasteiger partial charge >= 0.3 is 0 Å². The fourth-order valence-corrected chi connectivity index (χ4v) is 3.09. The minimum Gasteiger partial charge on any atom is -0.315 e. The lowest BCUT2D eigenvalue weighted by Crippen LogP contribution is -2.47. The quantitative estimate of drug-likeness (QED) is 0.776. The van der Waals surface area contributed by atoms with Gasteiger partial charge in [-0.25, -0.2) is 0 Å². The van der Waals surface area contributed by atoms with Crippen molar-refractivity contribution in [1.29, 1.82) is 0 Å². The normalized spacial score (nSPS) is 32.2. The van der Waals surface area contributed by atoms with E-state index in [-0.39, 0.29) is 0 Å². The monoisotopic (exact) mass is 224 g/mol. The van der Waals surface area contributed by atoms with Crippen LogP contribution < -0.4 is 5.32 Å². The van der Waals surface area contributed by atoms with E-state index in [1.807, 2.05) is 0 Å². The molecule has 0 radical (unpaired) electrons. The summed E-state index contributed by atoms with van der Waals surface area (Å²) >= 11 is 0. The van der Waals surface area contributed by atoms with Crippen LogP contribution in [0.15, 0.2) is 0 Å². The molecule has 2 saturated heterocycles. The van der Waals surface area contributed by atoms with Gasteiger partial charge in [-0.2, -0.15) is 0 Å². The van der Waals surface area contributed by atoms with Gasteiger partial charge < -0.3 is 5.32 Å². The number of nitrogens with zero attached hydrogens (tertiary/aromatic N) is 1. The molecule has 1 unspecified atom stereocenters. The zero-order valence-corrected chi connectivity index (χ0v) is 11.1. The second kappa shape index (κ2) is 5.50. The van der Waals surface area contributed by atoms with Crippen molar-refractivity contribution in [2.75, 3.05) is 26.2 Å². The van der Waals surface area contributed by atoms with Gasteiger partial charge in [-0.05, 0) is 50.7 Å². The second-order valence-electron chi connectivity index (χ2n) is 6.05. The largest absolute Gasteiger partial charge is 0.315 e. The Morgan fingerprint density at radius 2 is 2.00 bits per heavy atom. The van der Waals surface area contributed by atoms with Crippen LogP contribution in [0.3, 0.4) is 0 Å².